The third kappa shape index (κ3) is 4.07. The standard InChI is InChI=1S/C14H14N4O.C4H10/c1-9-6-11-8-18(14(19)17-13(11)16-9)12-4-2-10(7-15)3-5-12;1-3-4-2/h2-6,8H,7,15H2,1H3,(H,16,17,19);3-4H2,1-2H3. The minimum Gasteiger partial charge on any atom is -0.343 e. The molecule has 122 valence electrons. The summed E-state index contributed by atoms with van der Waals surface area (Å²) < 4.78 is 1.54. The first-order valence-corrected chi connectivity index (χ1v) is 7.97. The summed E-state index contributed by atoms with van der Waals surface area (Å²) in [4.78, 5) is 19.1. The summed E-state index contributed by atoms with van der Waals surface area (Å²) in [6, 6.07) is 9.53. The van der Waals surface area contributed by atoms with Crippen LogP contribution in [0, 0.1) is 6.92 Å². The number of hydrogen-bond acceptors (Lipinski definition) is 3. The molecule has 0 aliphatic heterocycles. The van der Waals surface area contributed by atoms with Crippen LogP contribution < -0.4 is 11.4 Å². The van der Waals surface area contributed by atoms with Gasteiger partial charge in [0.15, 0.2) is 0 Å². The molecule has 0 unspecified atom stereocenters. The van der Waals surface area contributed by atoms with Crippen LogP contribution in [0.1, 0.15) is 37.9 Å². The van der Waals surface area contributed by atoms with Crippen LogP contribution in [0.15, 0.2) is 41.3 Å². The van der Waals surface area contributed by atoms with E-state index in [2.05, 4.69) is 23.8 Å². The van der Waals surface area contributed by atoms with Crippen LogP contribution in [-0.2, 0) is 6.54 Å². The van der Waals surface area contributed by atoms with Gasteiger partial charge in [0, 0.05) is 23.8 Å². The first kappa shape index (κ1) is 17.0. The molecular weight excluding hydrogens is 288 g/mol. The van der Waals surface area contributed by atoms with Gasteiger partial charge in [0.2, 0.25) is 0 Å². The largest absolute Gasteiger partial charge is 0.354 e. The molecule has 1 aromatic carbocycles. The zero-order chi connectivity index (χ0) is 16.8. The molecular formula is C18H24N4O. The first-order chi connectivity index (χ1) is 11.1. The zero-order valence-corrected chi connectivity index (χ0v) is 14.0. The number of benzene rings is 1. The summed E-state index contributed by atoms with van der Waals surface area (Å²) in [7, 11) is 0. The van der Waals surface area contributed by atoms with Gasteiger partial charge in [0.05, 0.1) is 5.69 Å². The maximum Gasteiger partial charge on any atom is 0.354 e. The lowest BCUT2D eigenvalue weighted by atomic mass is 10.2. The molecule has 5 nitrogen and oxygen atoms in total. The van der Waals surface area contributed by atoms with Crippen molar-refractivity contribution in [1.29, 1.82) is 0 Å². The molecule has 0 aliphatic carbocycles. The molecule has 0 fully saturated rings. The molecule has 0 saturated heterocycles. The van der Waals surface area contributed by atoms with Crippen LogP contribution in [0.25, 0.3) is 16.7 Å². The van der Waals surface area contributed by atoms with Crippen molar-refractivity contribution in [1.82, 2.24) is 14.5 Å². The Balaban J connectivity index is 0.000000433. The lowest BCUT2D eigenvalue weighted by Gasteiger charge is -2.05. The van der Waals surface area contributed by atoms with E-state index in [1.165, 1.54) is 17.4 Å². The molecule has 0 amide bonds. The zero-order valence-electron chi connectivity index (χ0n) is 14.0. The van der Waals surface area contributed by atoms with Crippen molar-refractivity contribution in [2.45, 2.75) is 40.2 Å². The van der Waals surface area contributed by atoms with Crippen LogP contribution in [0.3, 0.4) is 0 Å². The van der Waals surface area contributed by atoms with Gasteiger partial charge in [0.1, 0.15) is 5.65 Å². The Morgan fingerprint density at radius 3 is 2.39 bits per heavy atom. The van der Waals surface area contributed by atoms with Gasteiger partial charge >= 0.3 is 5.69 Å². The van der Waals surface area contributed by atoms with Crippen LogP contribution in [0.4, 0.5) is 0 Å². The minimum atomic E-state index is -0.296. The second-order valence-corrected chi connectivity index (χ2v) is 5.52. The molecule has 0 bridgehead atoms. The van der Waals surface area contributed by atoms with Crippen molar-refractivity contribution in [2.24, 2.45) is 5.73 Å². The van der Waals surface area contributed by atoms with Gasteiger partial charge in [-0.1, -0.05) is 38.8 Å². The van der Waals surface area contributed by atoms with Gasteiger partial charge in [-0.2, -0.15) is 4.98 Å². The highest BCUT2D eigenvalue weighted by atomic mass is 16.1. The Morgan fingerprint density at radius 1 is 1.17 bits per heavy atom. The Bertz CT molecular complexity index is 813. The van der Waals surface area contributed by atoms with Gasteiger partial charge in [-0.25, -0.2) is 4.79 Å². The van der Waals surface area contributed by atoms with Gasteiger partial charge in [0.25, 0.3) is 0 Å². The maximum absolute atomic E-state index is 12.0. The summed E-state index contributed by atoms with van der Waals surface area (Å²) >= 11 is 0. The van der Waals surface area contributed by atoms with E-state index >= 15 is 0 Å². The van der Waals surface area contributed by atoms with E-state index in [9.17, 15) is 4.79 Å². The van der Waals surface area contributed by atoms with E-state index in [1.54, 1.807) is 6.20 Å². The van der Waals surface area contributed by atoms with E-state index in [1.807, 2.05) is 37.3 Å². The van der Waals surface area contributed by atoms with Crippen molar-refractivity contribution in [3.8, 4) is 5.69 Å². The molecule has 23 heavy (non-hydrogen) atoms. The second-order valence-electron chi connectivity index (χ2n) is 5.52. The summed E-state index contributed by atoms with van der Waals surface area (Å²) in [6.45, 7) is 6.79. The normalized spacial score (nSPS) is 10.4. The van der Waals surface area contributed by atoms with Crippen molar-refractivity contribution in [3.05, 3.63) is 58.3 Å². The maximum atomic E-state index is 12.0. The van der Waals surface area contributed by atoms with E-state index in [-0.39, 0.29) is 5.69 Å². The molecule has 0 spiro atoms. The molecule has 5 heteroatoms. The SMILES string of the molecule is CCCC.Cc1cc2cn(-c3ccc(CN)cc3)c(=O)nc2[nH]1. The average Bonchev–Trinajstić information content (AvgIpc) is 2.93. The molecule has 3 rings (SSSR count). The van der Waals surface area contributed by atoms with Gasteiger partial charge in [-0.05, 0) is 30.7 Å². The van der Waals surface area contributed by atoms with Crippen LogP contribution in [-0.4, -0.2) is 14.5 Å². The molecule has 3 N–H and O–H groups in total. The quantitative estimate of drug-likeness (QED) is 0.779. The first-order valence-electron chi connectivity index (χ1n) is 7.97. The molecule has 0 saturated carbocycles. The smallest absolute Gasteiger partial charge is 0.343 e. The van der Waals surface area contributed by atoms with Crippen LogP contribution in [0.2, 0.25) is 0 Å². The number of nitrogens with one attached hydrogen (secondary N) is 1. The number of nitrogens with two attached hydrogens (primary N) is 1. The summed E-state index contributed by atoms with van der Waals surface area (Å²) in [5.41, 5.74) is 8.69. The number of hydrogen-bond donors (Lipinski definition) is 2. The number of unbranched alkanes of at least 4 members (excludes halogenated alkanes) is 1. The third-order valence-corrected chi connectivity index (χ3v) is 3.59. The summed E-state index contributed by atoms with van der Waals surface area (Å²) in [5.74, 6) is 0. The number of rotatable bonds is 3. The van der Waals surface area contributed by atoms with Gasteiger partial charge in [-0.15, -0.1) is 0 Å². The number of aromatic amines is 1. The number of fused-ring (bicyclic) bond motifs is 1. The molecule has 0 radical (unpaired) electrons. The monoisotopic (exact) mass is 312 g/mol. The third-order valence-electron chi connectivity index (χ3n) is 3.59. The van der Waals surface area contributed by atoms with E-state index in [4.69, 9.17) is 5.73 Å². The highest BCUT2D eigenvalue weighted by Gasteiger charge is 2.05. The lowest BCUT2D eigenvalue weighted by Crippen LogP contribution is -2.20. The van der Waals surface area contributed by atoms with Crippen molar-refractivity contribution >= 4 is 11.0 Å². The Labute approximate surface area is 136 Å². The molecule has 2 heterocycles. The number of aryl methyl sites for hydroxylation is 1. The van der Waals surface area contributed by atoms with Gasteiger partial charge in [-0.3, -0.25) is 4.57 Å². The fourth-order valence-electron chi connectivity index (χ4n) is 2.11. The number of H-pyrrole nitrogens is 1. The number of nitrogens with zero attached hydrogens (tertiary/aromatic N) is 2. The summed E-state index contributed by atoms with van der Waals surface area (Å²) in [6.07, 6.45) is 4.44. The highest BCUT2D eigenvalue weighted by molar-refractivity contribution is 5.75. The van der Waals surface area contributed by atoms with E-state index in [0.29, 0.717) is 12.2 Å². The Hall–Kier alpha value is -2.40. The Morgan fingerprint density at radius 2 is 1.83 bits per heavy atom. The van der Waals surface area contributed by atoms with Gasteiger partial charge < -0.3 is 10.7 Å². The van der Waals surface area contributed by atoms with Crippen molar-refractivity contribution < 1.29 is 0 Å². The van der Waals surface area contributed by atoms with Crippen LogP contribution >= 0.6 is 0 Å². The lowest BCUT2D eigenvalue weighted by molar-refractivity contribution is 0.886. The van der Waals surface area contributed by atoms with Crippen molar-refractivity contribution in [2.75, 3.05) is 0 Å². The number of aromatic nitrogens is 3. The van der Waals surface area contributed by atoms with E-state index < -0.39 is 0 Å². The highest BCUT2D eigenvalue weighted by Crippen LogP contribution is 2.13. The fourth-order valence-corrected chi connectivity index (χ4v) is 2.11. The minimum absolute atomic E-state index is 0.296. The molecule has 3 aromatic rings. The van der Waals surface area contributed by atoms with Crippen molar-refractivity contribution in [3.63, 3.8) is 0 Å². The van der Waals surface area contributed by atoms with Crippen LogP contribution in [0.5, 0.6) is 0 Å². The topological polar surface area (TPSA) is 76.7 Å². The Kier molecular flexibility index (Phi) is 5.71. The average molecular weight is 312 g/mol. The predicted molar refractivity (Wildman–Crippen MR) is 94.9 cm³/mol. The predicted octanol–water partition coefficient (Wildman–Crippen LogP) is 3.29. The van der Waals surface area contributed by atoms with E-state index in [0.717, 1.165) is 22.3 Å². The fraction of sp³-hybridized carbons (Fsp3) is 0.333. The molecule has 0 aliphatic rings. The summed E-state index contributed by atoms with van der Waals surface area (Å²) in [5, 5.41) is 0.917. The second kappa shape index (κ2) is 7.74. The molecule has 0 atom stereocenters. The molecule has 2 aromatic heterocycles.